The molecule has 90 valence electrons. The zero-order valence-electron chi connectivity index (χ0n) is 8.22. The largest absolute Gasteiger partial charge is 0.405 e. The molecule has 0 fully saturated rings. The molecular formula is C7H9BrF3N5. The van der Waals surface area contributed by atoms with E-state index in [9.17, 15) is 13.2 Å². The molecule has 9 heteroatoms. The third-order valence-electron chi connectivity index (χ3n) is 1.63. The van der Waals surface area contributed by atoms with E-state index < -0.39 is 12.7 Å². The molecule has 1 heterocycles. The van der Waals surface area contributed by atoms with E-state index in [1.807, 2.05) is 0 Å². The number of halogens is 4. The molecule has 0 aliphatic rings. The lowest BCUT2D eigenvalue weighted by Crippen LogP contribution is -2.32. The molecule has 1 aromatic heterocycles. The summed E-state index contributed by atoms with van der Waals surface area (Å²) < 4.78 is 36.9. The second-order valence-electron chi connectivity index (χ2n) is 2.98. The standard InChI is InChI=1S/C7H9BrF3N5/c1-16(3-7(9,10)11)5-4(8)2-13-6(14-5)15-12/h2H,3,12H2,1H3,(H,13,14,15). The van der Waals surface area contributed by atoms with Crippen LogP contribution in [0.4, 0.5) is 24.9 Å². The van der Waals surface area contributed by atoms with Gasteiger partial charge in [-0.05, 0) is 15.9 Å². The highest BCUT2D eigenvalue weighted by molar-refractivity contribution is 9.10. The van der Waals surface area contributed by atoms with Crippen LogP contribution in [-0.2, 0) is 0 Å². The van der Waals surface area contributed by atoms with Gasteiger partial charge in [0.15, 0.2) is 0 Å². The van der Waals surface area contributed by atoms with E-state index in [-0.39, 0.29) is 11.8 Å². The Morgan fingerprint density at radius 1 is 1.56 bits per heavy atom. The van der Waals surface area contributed by atoms with Crippen molar-refractivity contribution in [3.63, 3.8) is 0 Å². The Hall–Kier alpha value is -1.09. The van der Waals surface area contributed by atoms with Gasteiger partial charge in [0.05, 0.1) is 4.47 Å². The first-order valence-electron chi connectivity index (χ1n) is 4.10. The van der Waals surface area contributed by atoms with Gasteiger partial charge >= 0.3 is 6.18 Å². The molecule has 1 aromatic rings. The molecule has 0 aliphatic heterocycles. The monoisotopic (exact) mass is 299 g/mol. The number of alkyl halides is 3. The minimum atomic E-state index is -4.30. The van der Waals surface area contributed by atoms with Gasteiger partial charge in [-0.3, -0.25) is 5.43 Å². The fourth-order valence-electron chi connectivity index (χ4n) is 1.04. The predicted molar refractivity (Wildman–Crippen MR) is 56.9 cm³/mol. The maximum atomic E-state index is 12.2. The molecule has 0 saturated heterocycles. The normalized spacial score (nSPS) is 11.4. The summed E-state index contributed by atoms with van der Waals surface area (Å²) in [5.74, 6) is 5.22. The van der Waals surface area contributed by atoms with Crippen molar-refractivity contribution in [3.8, 4) is 0 Å². The molecule has 3 N–H and O–H groups in total. The number of nitrogens with two attached hydrogens (primary N) is 1. The molecule has 0 atom stereocenters. The lowest BCUT2D eigenvalue weighted by atomic mass is 10.5. The smallest absolute Gasteiger partial charge is 0.349 e. The van der Waals surface area contributed by atoms with Crippen molar-refractivity contribution in [1.29, 1.82) is 0 Å². The number of nitrogens with zero attached hydrogens (tertiary/aromatic N) is 3. The highest BCUT2D eigenvalue weighted by Crippen LogP contribution is 2.26. The van der Waals surface area contributed by atoms with Crippen LogP contribution in [0.3, 0.4) is 0 Å². The Labute approximate surface area is 97.9 Å². The van der Waals surface area contributed by atoms with Crippen LogP contribution in [0.15, 0.2) is 10.7 Å². The van der Waals surface area contributed by atoms with Gasteiger partial charge in [0.25, 0.3) is 0 Å². The Balaban J connectivity index is 2.93. The molecule has 0 aliphatic carbocycles. The Morgan fingerprint density at radius 3 is 2.69 bits per heavy atom. The van der Waals surface area contributed by atoms with E-state index in [0.717, 1.165) is 4.90 Å². The number of hydrogen-bond donors (Lipinski definition) is 2. The number of hydrogen-bond acceptors (Lipinski definition) is 5. The molecule has 0 saturated carbocycles. The number of anilines is 2. The van der Waals surface area contributed by atoms with Gasteiger partial charge in [-0.25, -0.2) is 10.8 Å². The molecule has 16 heavy (non-hydrogen) atoms. The van der Waals surface area contributed by atoms with Crippen LogP contribution < -0.4 is 16.2 Å². The summed E-state index contributed by atoms with van der Waals surface area (Å²) >= 11 is 3.07. The van der Waals surface area contributed by atoms with Crippen molar-refractivity contribution >= 4 is 27.7 Å². The van der Waals surface area contributed by atoms with Gasteiger partial charge < -0.3 is 4.90 Å². The second kappa shape index (κ2) is 4.83. The Morgan fingerprint density at radius 2 is 2.19 bits per heavy atom. The van der Waals surface area contributed by atoms with E-state index in [1.54, 1.807) is 0 Å². The lowest BCUT2D eigenvalue weighted by Gasteiger charge is -2.21. The lowest BCUT2D eigenvalue weighted by molar-refractivity contribution is -0.119. The third kappa shape index (κ3) is 3.49. The average Bonchev–Trinajstić information content (AvgIpc) is 2.15. The maximum absolute atomic E-state index is 12.2. The predicted octanol–water partition coefficient (Wildman–Crippen LogP) is 1.52. The molecule has 0 radical (unpaired) electrons. The summed E-state index contributed by atoms with van der Waals surface area (Å²) in [6, 6.07) is 0. The van der Waals surface area contributed by atoms with Gasteiger partial charge in [-0.15, -0.1) is 0 Å². The third-order valence-corrected chi connectivity index (χ3v) is 2.19. The van der Waals surface area contributed by atoms with E-state index in [4.69, 9.17) is 5.84 Å². The summed E-state index contributed by atoms with van der Waals surface area (Å²) in [6.45, 7) is -1.10. The maximum Gasteiger partial charge on any atom is 0.405 e. The molecule has 1 rings (SSSR count). The summed E-state index contributed by atoms with van der Waals surface area (Å²) in [7, 11) is 1.28. The van der Waals surface area contributed by atoms with E-state index in [2.05, 4.69) is 31.3 Å². The molecule has 5 nitrogen and oxygen atoms in total. The fraction of sp³-hybridized carbons (Fsp3) is 0.429. The topological polar surface area (TPSA) is 67.1 Å². The van der Waals surface area contributed by atoms with E-state index >= 15 is 0 Å². The van der Waals surface area contributed by atoms with Crippen molar-refractivity contribution < 1.29 is 13.2 Å². The van der Waals surface area contributed by atoms with Crippen molar-refractivity contribution in [2.45, 2.75) is 6.18 Å². The van der Waals surface area contributed by atoms with Gasteiger partial charge in [0.1, 0.15) is 12.4 Å². The number of nitrogens with one attached hydrogen (secondary N) is 1. The van der Waals surface area contributed by atoms with Gasteiger partial charge in [-0.1, -0.05) is 0 Å². The van der Waals surface area contributed by atoms with E-state index in [1.165, 1.54) is 13.2 Å². The highest BCUT2D eigenvalue weighted by Gasteiger charge is 2.30. The summed E-state index contributed by atoms with van der Waals surface area (Å²) in [6.07, 6.45) is -2.97. The fourth-order valence-corrected chi connectivity index (χ4v) is 1.53. The molecule has 0 spiro atoms. The number of rotatable bonds is 3. The number of aromatic nitrogens is 2. The summed E-state index contributed by atoms with van der Waals surface area (Å²) in [5.41, 5.74) is 2.16. The first-order valence-corrected chi connectivity index (χ1v) is 4.90. The summed E-state index contributed by atoms with van der Waals surface area (Å²) in [4.78, 5) is 8.49. The zero-order chi connectivity index (χ0) is 12.3. The molecular weight excluding hydrogens is 291 g/mol. The van der Waals surface area contributed by atoms with Gasteiger partial charge in [0, 0.05) is 13.2 Å². The number of nitrogen functional groups attached to an aromatic ring is 1. The molecule has 0 bridgehead atoms. The minimum absolute atomic E-state index is 0.0484. The van der Waals surface area contributed by atoms with Crippen LogP contribution in [0.5, 0.6) is 0 Å². The zero-order valence-corrected chi connectivity index (χ0v) is 9.80. The van der Waals surface area contributed by atoms with Crippen LogP contribution in [0.1, 0.15) is 0 Å². The van der Waals surface area contributed by atoms with Crippen LogP contribution in [0, 0.1) is 0 Å². The molecule has 0 amide bonds. The first-order chi connectivity index (χ1) is 7.33. The van der Waals surface area contributed by atoms with Crippen LogP contribution in [0.25, 0.3) is 0 Å². The summed E-state index contributed by atoms with van der Waals surface area (Å²) in [5, 5.41) is 0. The van der Waals surface area contributed by atoms with Gasteiger partial charge in [-0.2, -0.15) is 18.2 Å². The average molecular weight is 300 g/mol. The van der Waals surface area contributed by atoms with Crippen LogP contribution >= 0.6 is 15.9 Å². The minimum Gasteiger partial charge on any atom is -0.349 e. The van der Waals surface area contributed by atoms with Crippen molar-refractivity contribution in [1.82, 2.24) is 9.97 Å². The van der Waals surface area contributed by atoms with E-state index in [0.29, 0.717) is 4.47 Å². The van der Waals surface area contributed by atoms with Crippen molar-refractivity contribution in [3.05, 3.63) is 10.7 Å². The Bertz CT molecular complexity index is 370. The first kappa shape index (κ1) is 13.0. The van der Waals surface area contributed by atoms with Crippen LogP contribution in [0.2, 0.25) is 0 Å². The SMILES string of the molecule is CN(CC(F)(F)F)c1nc(NN)ncc1Br. The Kier molecular flexibility index (Phi) is 3.92. The molecule has 0 aromatic carbocycles. The number of hydrazine groups is 1. The van der Waals surface area contributed by atoms with Crippen LogP contribution in [-0.4, -0.2) is 29.7 Å². The molecule has 0 unspecified atom stereocenters. The van der Waals surface area contributed by atoms with Crippen molar-refractivity contribution in [2.24, 2.45) is 5.84 Å². The quantitative estimate of drug-likeness (QED) is 0.654. The van der Waals surface area contributed by atoms with Crippen molar-refractivity contribution in [2.75, 3.05) is 23.9 Å². The van der Waals surface area contributed by atoms with Gasteiger partial charge in [0.2, 0.25) is 5.95 Å². The second-order valence-corrected chi connectivity index (χ2v) is 3.84. The highest BCUT2D eigenvalue weighted by atomic mass is 79.9.